The zero-order valence-corrected chi connectivity index (χ0v) is 4.70. The lowest BCUT2D eigenvalue weighted by Crippen LogP contribution is -1.97. The Morgan fingerprint density at radius 3 is 2.71 bits per heavy atom. The third-order valence-corrected chi connectivity index (χ3v) is 0.901. The van der Waals surface area contributed by atoms with Crippen LogP contribution in [0.3, 0.4) is 0 Å². The maximum atomic E-state index is 9.66. The molecule has 0 unspecified atom stereocenters. The van der Waals surface area contributed by atoms with Crippen molar-refractivity contribution < 1.29 is 14.1 Å². The van der Waals surface area contributed by atoms with Gasteiger partial charge in [0, 0.05) is 12.0 Å². The average molecular weight is 122 g/mol. The van der Waals surface area contributed by atoms with Crippen LogP contribution in [0.15, 0.2) is 0 Å². The molecular weight excluding hydrogens is 116 g/mol. The Morgan fingerprint density at radius 2 is 2.57 bits per heavy atom. The number of hydrogen-bond donors (Lipinski definition) is 1. The Labute approximate surface area is 45.9 Å². The van der Waals surface area contributed by atoms with Gasteiger partial charge in [-0.2, -0.15) is 0 Å². The standard InChI is InChI=1S/C3H6O3S/c1-6-7-2-3(4)5/h2H2,1H3,(H,4,5). The summed E-state index contributed by atoms with van der Waals surface area (Å²) in [7, 11) is 1.44. The first kappa shape index (κ1) is 6.78. The van der Waals surface area contributed by atoms with E-state index < -0.39 is 5.97 Å². The topological polar surface area (TPSA) is 46.5 Å². The van der Waals surface area contributed by atoms with Crippen LogP contribution in [0.4, 0.5) is 0 Å². The van der Waals surface area contributed by atoms with Gasteiger partial charge in [-0.3, -0.25) is 4.79 Å². The summed E-state index contributed by atoms with van der Waals surface area (Å²) in [5.41, 5.74) is 0. The molecule has 42 valence electrons. The second kappa shape index (κ2) is 3.95. The molecule has 0 bridgehead atoms. The summed E-state index contributed by atoms with van der Waals surface area (Å²) in [6, 6.07) is 0. The van der Waals surface area contributed by atoms with E-state index in [0.717, 1.165) is 12.0 Å². The van der Waals surface area contributed by atoms with E-state index in [4.69, 9.17) is 5.11 Å². The monoisotopic (exact) mass is 122 g/mol. The van der Waals surface area contributed by atoms with E-state index >= 15 is 0 Å². The van der Waals surface area contributed by atoms with E-state index in [2.05, 4.69) is 4.18 Å². The molecular formula is C3H6O3S. The fourth-order valence-corrected chi connectivity index (χ4v) is 0.328. The number of rotatable bonds is 3. The minimum Gasteiger partial charge on any atom is -0.481 e. The first-order chi connectivity index (χ1) is 3.27. The molecule has 0 rings (SSSR count). The zero-order valence-electron chi connectivity index (χ0n) is 3.88. The van der Waals surface area contributed by atoms with Crippen molar-refractivity contribution >= 4 is 18.0 Å². The van der Waals surface area contributed by atoms with Crippen LogP contribution in [0, 0.1) is 0 Å². The minimum atomic E-state index is -0.855. The number of carboxylic acid groups (broad SMARTS) is 1. The van der Waals surface area contributed by atoms with Crippen molar-refractivity contribution in [2.45, 2.75) is 0 Å². The van der Waals surface area contributed by atoms with Crippen LogP contribution >= 0.6 is 12.0 Å². The summed E-state index contributed by atoms with van der Waals surface area (Å²) in [4.78, 5) is 9.66. The van der Waals surface area contributed by atoms with Crippen LogP contribution in [-0.2, 0) is 8.98 Å². The Hall–Kier alpha value is -0.220. The minimum absolute atomic E-state index is 0.0104. The number of aliphatic carboxylic acids is 1. The lowest BCUT2D eigenvalue weighted by atomic mass is 10.8. The average Bonchev–Trinajstić information content (AvgIpc) is 1.61. The molecule has 3 nitrogen and oxygen atoms in total. The summed E-state index contributed by atoms with van der Waals surface area (Å²) in [6.45, 7) is 0. The normalized spacial score (nSPS) is 8.71. The van der Waals surface area contributed by atoms with Gasteiger partial charge in [0.05, 0.1) is 7.11 Å². The highest BCUT2D eigenvalue weighted by Gasteiger charge is 1.92. The van der Waals surface area contributed by atoms with Crippen LogP contribution in [0.25, 0.3) is 0 Å². The van der Waals surface area contributed by atoms with E-state index in [-0.39, 0.29) is 5.75 Å². The van der Waals surface area contributed by atoms with Crippen LogP contribution in [0.1, 0.15) is 0 Å². The number of hydrogen-bond acceptors (Lipinski definition) is 3. The molecule has 0 radical (unpaired) electrons. The first-order valence-corrected chi connectivity index (χ1v) is 2.56. The molecule has 0 fully saturated rings. The molecule has 0 saturated heterocycles. The van der Waals surface area contributed by atoms with Crippen molar-refractivity contribution in [3.8, 4) is 0 Å². The van der Waals surface area contributed by atoms with E-state index in [1.807, 2.05) is 0 Å². The molecule has 0 aromatic carbocycles. The molecule has 1 N–H and O–H groups in total. The molecule has 0 aliphatic carbocycles. The van der Waals surface area contributed by atoms with Crippen molar-refractivity contribution in [2.24, 2.45) is 0 Å². The van der Waals surface area contributed by atoms with Gasteiger partial charge in [0.25, 0.3) is 0 Å². The van der Waals surface area contributed by atoms with Crippen molar-refractivity contribution in [1.29, 1.82) is 0 Å². The highest BCUT2D eigenvalue weighted by molar-refractivity contribution is 7.95. The maximum Gasteiger partial charge on any atom is 0.315 e. The lowest BCUT2D eigenvalue weighted by molar-refractivity contribution is -0.133. The number of carboxylic acids is 1. The first-order valence-electron chi connectivity index (χ1n) is 1.64. The van der Waals surface area contributed by atoms with Gasteiger partial charge in [0.1, 0.15) is 5.75 Å². The lowest BCUT2D eigenvalue weighted by Gasteiger charge is -1.87. The van der Waals surface area contributed by atoms with Crippen molar-refractivity contribution in [2.75, 3.05) is 12.9 Å². The van der Waals surface area contributed by atoms with Crippen LogP contribution in [0.2, 0.25) is 0 Å². The third-order valence-electron chi connectivity index (χ3n) is 0.300. The van der Waals surface area contributed by atoms with Crippen molar-refractivity contribution in [1.82, 2.24) is 0 Å². The van der Waals surface area contributed by atoms with Crippen molar-refractivity contribution in [3.05, 3.63) is 0 Å². The van der Waals surface area contributed by atoms with Crippen LogP contribution < -0.4 is 0 Å². The molecule has 0 aromatic heterocycles. The highest BCUT2D eigenvalue weighted by Crippen LogP contribution is 1.96. The fourth-order valence-electron chi connectivity index (χ4n) is 0.109. The van der Waals surface area contributed by atoms with Gasteiger partial charge in [0.2, 0.25) is 0 Å². The summed E-state index contributed by atoms with van der Waals surface area (Å²) in [5, 5.41) is 7.94. The van der Waals surface area contributed by atoms with Gasteiger partial charge < -0.3 is 9.29 Å². The van der Waals surface area contributed by atoms with E-state index in [9.17, 15) is 4.79 Å². The van der Waals surface area contributed by atoms with Gasteiger partial charge in [-0.05, 0) is 0 Å². The Bertz CT molecular complexity index is 63.2. The molecule has 0 amide bonds. The molecule has 0 aliphatic rings. The molecule has 0 saturated carbocycles. The predicted octanol–water partition coefficient (Wildman–Crippen LogP) is 0.366. The SMILES string of the molecule is COSCC(=O)O. The Kier molecular flexibility index (Phi) is 3.83. The van der Waals surface area contributed by atoms with Gasteiger partial charge in [-0.25, -0.2) is 0 Å². The quantitative estimate of drug-likeness (QED) is 0.549. The molecule has 7 heavy (non-hydrogen) atoms. The van der Waals surface area contributed by atoms with Gasteiger partial charge in [-0.1, -0.05) is 0 Å². The zero-order chi connectivity index (χ0) is 5.70. The predicted molar refractivity (Wildman–Crippen MR) is 27.1 cm³/mol. The molecule has 0 atom stereocenters. The maximum absolute atomic E-state index is 9.66. The largest absolute Gasteiger partial charge is 0.481 e. The summed E-state index contributed by atoms with van der Waals surface area (Å²) in [6.07, 6.45) is 0. The molecule has 4 heteroatoms. The van der Waals surface area contributed by atoms with Gasteiger partial charge >= 0.3 is 5.97 Å². The molecule has 0 aromatic rings. The summed E-state index contributed by atoms with van der Waals surface area (Å²) < 4.78 is 4.39. The van der Waals surface area contributed by atoms with E-state index in [0.29, 0.717) is 0 Å². The molecule has 0 aliphatic heterocycles. The third kappa shape index (κ3) is 5.78. The van der Waals surface area contributed by atoms with Gasteiger partial charge in [0.15, 0.2) is 0 Å². The molecule has 0 spiro atoms. The Balaban J connectivity index is 2.82. The second-order valence-corrected chi connectivity index (χ2v) is 1.68. The van der Waals surface area contributed by atoms with E-state index in [1.165, 1.54) is 7.11 Å². The fraction of sp³-hybridized carbons (Fsp3) is 0.667. The van der Waals surface area contributed by atoms with E-state index in [1.54, 1.807) is 0 Å². The van der Waals surface area contributed by atoms with Crippen molar-refractivity contribution in [3.63, 3.8) is 0 Å². The summed E-state index contributed by atoms with van der Waals surface area (Å²) in [5.74, 6) is -0.844. The number of carbonyl (C=O) groups is 1. The Morgan fingerprint density at radius 1 is 2.00 bits per heavy atom. The molecule has 0 heterocycles. The smallest absolute Gasteiger partial charge is 0.315 e. The second-order valence-electron chi connectivity index (χ2n) is 0.823. The van der Waals surface area contributed by atoms with Crippen LogP contribution in [-0.4, -0.2) is 23.9 Å². The van der Waals surface area contributed by atoms with Gasteiger partial charge in [-0.15, -0.1) is 0 Å². The highest BCUT2D eigenvalue weighted by atomic mass is 32.2. The van der Waals surface area contributed by atoms with Crippen LogP contribution in [0.5, 0.6) is 0 Å². The summed E-state index contributed by atoms with van der Waals surface area (Å²) >= 11 is 0.917.